The Kier molecular flexibility index (Phi) is 5.41. The van der Waals surface area contributed by atoms with Crippen molar-refractivity contribution in [3.8, 4) is 0 Å². The Labute approximate surface area is 120 Å². The van der Waals surface area contributed by atoms with Crippen LogP contribution in [0.15, 0.2) is 18.2 Å². The van der Waals surface area contributed by atoms with Crippen LogP contribution in [0.4, 0.5) is 5.69 Å². The van der Waals surface area contributed by atoms with Gasteiger partial charge in [0, 0.05) is 19.3 Å². The normalized spacial score (nSPS) is 15.3. The molecule has 20 heavy (non-hydrogen) atoms. The van der Waals surface area contributed by atoms with Crippen molar-refractivity contribution < 1.29 is 9.53 Å². The first-order valence-corrected chi connectivity index (χ1v) is 7.39. The first kappa shape index (κ1) is 14.9. The van der Waals surface area contributed by atoms with Crippen molar-refractivity contribution in [2.45, 2.75) is 38.7 Å². The van der Waals surface area contributed by atoms with E-state index in [0.29, 0.717) is 24.8 Å². The summed E-state index contributed by atoms with van der Waals surface area (Å²) in [5.74, 6) is -0.0481. The highest BCUT2D eigenvalue weighted by atomic mass is 16.5. The van der Waals surface area contributed by atoms with Crippen molar-refractivity contribution in [1.82, 2.24) is 5.32 Å². The van der Waals surface area contributed by atoms with Crippen molar-refractivity contribution in [2.75, 3.05) is 25.5 Å². The monoisotopic (exact) mass is 276 g/mol. The molecular formula is C16H24N2O2. The van der Waals surface area contributed by atoms with Gasteiger partial charge in [0.2, 0.25) is 0 Å². The highest BCUT2D eigenvalue weighted by Gasteiger charge is 2.15. The summed E-state index contributed by atoms with van der Waals surface area (Å²) >= 11 is 0. The van der Waals surface area contributed by atoms with E-state index in [0.717, 1.165) is 24.1 Å². The largest absolute Gasteiger partial charge is 0.387 e. The van der Waals surface area contributed by atoms with Gasteiger partial charge in [0.05, 0.1) is 18.3 Å². The molecular weight excluding hydrogens is 252 g/mol. The molecule has 0 spiro atoms. The molecule has 2 rings (SSSR count). The van der Waals surface area contributed by atoms with Crippen LogP contribution in [0, 0.1) is 6.92 Å². The molecule has 1 fully saturated rings. The topological polar surface area (TPSA) is 50.4 Å². The first-order valence-electron chi connectivity index (χ1n) is 7.39. The lowest BCUT2D eigenvalue weighted by Gasteiger charge is -2.13. The third-order valence-corrected chi connectivity index (χ3v) is 3.73. The minimum Gasteiger partial charge on any atom is -0.387 e. The number of anilines is 1. The zero-order valence-corrected chi connectivity index (χ0v) is 12.4. The Hall–Kier alpha value is -1.55. The summed E-state index contributed by atoms with van der Waals surface area (Å²) in [7, 11) is 1.82. The van der Waals surface area contributed by atoms with Gasteiger partial charge in [-0.25, -0.2) is 0 Å². The van der Waals surface area contributed by atoms with Crippen LogP contribution < -0.4 is 10.6 Å². The average molecular weight is 276 g/mol. The number of benzene rings is 1. The van der Waals surface area contributed by atoms with Gasteiger partial charge in [-0.1, -0.05) is 24.5 Å². The lowest BCUT2D eigenvalue weighted by Crippen LogP contribution is -2.29. The zero-order chi connectivity index (χ0) is 14.4. The molecule has 0 aliphatic heterocycles. The predicted octanol–water partition coefficient (Wildman–Crippen LogP) is 2.73. The molecule has 4 heteroatoms. The maximum absolute atomic E-state index is 12.2. The Balaban J connectivity index is 1.80. The lowest BCUT2D eigenvalue weighted by molar-refractivity contribution is 0.0582. The second kappa shape index (κ2) is 7.29. The van der Waals surface area contributed by atoms with Crippen LogP contribution in [0.25, 0.3) is 0 Å². The molecule has 110 valence electrons. The number of hydrogen-bond donors (Lipinski definition) is 2. The van der Waals surface area contributed by atoms with Crippen molar-refractivity contribution in [3.63, 3.8) is 0 Å². The van der Waals surface area contributed by atoms with E-state index >= 15 is 0 Å². The number of rotatable bonds is 6. The second-order valence-corrected chi connectivity index (χ2v) is 5.33. The Morgan fingerprint density at radius 3 is 2.80 bits per heavy atom. The number of carbonyl (C=O) groups is 1. The fraction of sp³-hybridized carbons (Fsp3) is 0.562. The van der Waals surface area contributed by atoms with E-state index in [2.05, 4.69) is 10.6 Å². The van der Waals surface area contributed by atoms with E-state index < -0.39 is 0 Å². The summed E-state index contributed by atoms with van der Waals surface area (Å²) in [6.45, 7) is 3.14. The standard InChI is InChI=1S/C16H24N2O2/c1-12-7-8-15(17-2)14(11-12)16(19)18-9-10-20-13-5-3-4-6-13/h7-8,11,13,17H,3-6,9-10H2,1-2H3,(H,18,19). The smallest absolute Gasteiger partial charge is 0.253 e. The van der Waals surface area contributed by atoms with Gasteiger partial charge in [0.1, 0.15) is 0 Å². The molecule has 0 heterocycles. The summed E-state index contributed by atoms with van der Waals surface area (Å²) in [4.78, 5) is 12.2. The Morgan fingerprint density at radius 2 is 2.10 bits per heavy atom. The van der Waals surface area contributed by atoms with Crippen LogP contribution in [-0.4, -0.2) is 32.2 Å². The van der Waals surface area contributed by atoms with Crippen molar-refractivity contribution in [2.24, 2.45) is 0 Å². The van der Waals surface area contributed by atoms with E-state index in [1.54, 1.807) is 0 Å². The number of ether oxygens (including phenoxy) is 1. The third kappa shape index (κ3) is 3.97. The molecule has 1 aromatic rings. The molecule has 2 N–H and O–H groups in total. The number of nitrogens with one attached hydrogen (secondary N) is 2. The lowest BCUT2D eigenvalue weighted by atomic mass is 10.1. The molecule has 1 aliphatic carbocycles. The molecule has 1 amide bonds. The second-order valence-electron chi connectivity index (χ2n) is 5.33. The summed E-state index contributed by atoms with van der Waals surface area (Å²) < 4.78 is 5.74. The van der Waals surface area contributed by atoms with E-state index in [9.17, 15) is 4.79 Å². The molecule has 0 atom stereocenters. The molecule has 4 nitrogen and oxygen atoms in total. The van der Waals surface area contributed by atoms with Crippen molar-refractivity contribution >= 4 is 11.6 Å². The average Bonchev–Trinajstić information content (AvgIpc) is 2.96. The molecule has 0 bridgehead atoms. The van der Waals surface area contributed by atoms with Gasteiger partial charge >= 0.3 is 0 Å². The van der Waals surface area contributed by atoms with Crippen LogP contribution in [0.2, 0.25) is 0 Å². The number of carbonyl (C=O) groups excluding carboxylic acids is 1. The zero-order valence-electron chi connectivity index (χ0n) is 12.4. The quantitative estimate of drug-likeness (QED) is 0.785. The van der Waals surface area contributed by atoms with Gasteiger partial charge in [-0.15, -0.1) is 0 Å². The number of aryl methyl sites for hydroxylation is 1. The maximum atomic E-state index is 12.2. The van der Waals surface area contributed by atoms with E-state index in [1.165, 1.54) is 12.8 Å². The summed E-state index contributed by atoms with van der Waals surface area (Å²) in [5.41, 5.74) is 2.62. The number of amides is 1. The van der Waals surface area contributed by atoms with E-state index in [4.69, 9.17) is 4.74 Å². The highest BCUT2D eigenvalue weighted by molar-refractivity contribution is 5.99. The predicted molar refractivity (Wildman–Crippen MR) is 81.3 cm³/mol. The maximum Gasteiger partial charge on any atom is 0.253 e. The fourth-order valence-corrected chi connectivity index (χ4v) is 2.60. The van der Waals surface area contributed by atoms with Gasteiger partial charge in [-0.3, -0.25) is 4.79 Å². The summed E-state index contributed by atoms with van der Waals surface area (Å²) in [5, 5.41) is 5.97. The van der Waals surface area contributed by atoms with Crippen molar-refractivity contribution in [3.05, 3.63) is 29.3 Å². The summed E-state index contributed by atoms with van der Waals surface area (Å²) in [6, 6.07) is 5.82. The summed E-state index contributed by atoms with van der Waals surface area (Å²) in [6.07, 6.45) is 5.27. The highest BCUT2D eigenvalue weighted by Crippen LogP contribution is 2.20. The van der Waals surface area contributed by atoms with Gasteiger partial charge in [-0.05, 0) is 31.9 Å². The molecule has 1 aliphatic rings. The van der Waals surface area contributed by atoms with Crippen LogP contribution in [0.5, 0.6) is 0 Å². The molecule has 0 saturated heterocycles. The van der Waals surface area contributed by atoms with Gasteiger partial charge in [0.15, 0.2) is 0 Å². The molecule has 0 unspecified atom stereocenters. The van der Waals surface area contributed by atoms with E-state index in [1.807, 2.05) is 32.2 Å². The SMILES string of the molecule is CNc1ccc(C)cc1C(=O)NCCOC1CCCC1. The van der Waals surface area contributed by atoms with Crippen LogP contribution in [0.3, 0.4) is 0 Å². The van der Waals surface area contributed by atoms with Gasteiger partial charge < -0.3 is 15.4 Å². The Bertz CT molecular complexity index is 454. The van der Waals surface area contributed by atoms with Gasteiger partial charge in [0.25, 0.3) is 5.91 Å². The van der Waals surface area contributed by atoms with Gasteiger partial charge in [-0.2, -0.15) is 0 Å². The number of hydrogen-bond acceptors (Lipinski definition) is 3. The van der Waals surface area contributed by atoms with Crippen molar-refractivity contribution in [1.29, 1.82) is 0 Å². The minimum atomic E-state index is -0.0481. The third-order valence-electron chi connectivity index (χ3n) is 3.73. The molecule has 1 saturated carbocycles. The molecule has 0 radical (unpaired) electrons. The van der Waals surface area contributed by atoms with Crippen LogP contribution >= 0.6 is 0 Å². The minimum absolute atomic E-state index is 0.0481. The fourth-order valence-electron chi connectivity index (χ4n) is 2.60. The van der Waals surface area contributed by atoms with Crippen LogP contribution in [-0.2, 0) is 4.74 Å². The Morgan fingerprint density at radius 1 is 1.35 bits per heavy atom. The van der Waals surface area contributed by atoms with Crippen LogP contribution in [0.1, 0.15) is 41.6 Å². The molecule has 1 aromatic carbocycles. The van der Waals surface area contributed by atoms with E-state index in [-0.39, 0.29) is 5.91 Å². The first-order chi connectivity index (χ1) is 9.70. The molecule has 0 aromatic heterocycles.